The maximum absolute atomic E-state index is 13.3. The molecule has 1 saturated heterocycles. The molecule has 1 aliphatic rings. The van der Waals surface area contributed by atoms with Crippen molar-refractivity contribution in [1.82, 2.24) is 24.4 Å². The molecule has 1 N–H and O–H groups in total. The second-order valence-electron chi connectivity index (χ2n) is 8.75. The summed E-state index contributed by atoms with van der Waals surface area (Å²) < 4.78 is 46.4. The summed E-state index contributed by atoms with van der Waals surface area (Å²) >= 11 is 0. The van der Waals surface area contributed by atoms with Gasteiger partial charge < -0.3 is 19.5 Å². The Bertz CT molecular complexity index is 1180. The number of carbonyl (C=O) groups excluding carboxylic acids is 1. The number of halogens is 3. The highest BCUT2D eigenvalue weighted by Gasteiger charge is 2.33. The van der Waals surface area contributed by atoms with Crippen LogP contribution >= 0.6 is 0 Å². The molecule has 0 spiro atoms. The Hall–Kier alpha value is -3.21. The first-order valence-electron chi connectivity index (χ1n) is 11.7. The number of aryl methyl sites for hydroxylation is 1. The predicted molar refractivity (Wildman–Crippen MR) is 126 cm³/mol. The maximum Gasteiger partial charge on any atom is 0.433 e. The highest BCUT2D eigenvalue weighted by molar-refractivity contribution is 5.92. The molecule has 35 heavy (non-hydrogen) atoms. The lowest BCUT2D eigenvalue weighted by molar-refractivity contribution is -0.144. The van der Waals surface area contributed by atoms with Crippen LogP contribution in [0.15, 0.2) is 30.6 Å². The number of hydrogen-bond acceptors (Lipinski definition) is 6. The molecule has 3 atom stereocenters. The first-order chi connectivity index (χ1) is 16.6. The fraction of sp³-hybridized carbons (Fsp3) is 0.500. The molecular weight excluding hydrogens is 461 g/mol. The van der Waals surface area contributed by atoms with Gasteiger partial charge in [0, 0.05) is 37.6 Å². The van der Waals surface area contributed by atoms with Gasteiger partial charge in [0.15, 0.2) is 5.65 Å². The average molecular weight is 491 g/mol. The number of nitrogens with one attached hydrogen (secondary N) is 1. The number of anilines is 1. The lowest BCUT2D eigenvalue weighted by Gasteiger charge is -2.37. The van der Waals surface area contributed by atoms with E-state index in [0.717, 1.165) is 6.07 Å². The Balaban J connectivity index is 1.66. The Morgan fingerprint density at radius 3 is 2.46 bits per heavy atom. The molecule has 188 valence electrons. The Labute approximate surface area is 201 Å². The Morgan fingerprint density at radius 1 is 1.17 bits per heavy atom. The van der Waals surface area contributed by atoms with Gasteiger partial charge in [-0.15, -0.1) is 0 Å². The van der Waals surface area contributed by atoms with Crippen molar-refractivity contribution in [3.05, 3.63) is 36.3 Å². The van der Waals surface area contributed by atoms with E-state index >= 15 is 0 Å². The standard InChI is InChI=1S/C24H29F3N6O2/c1-5-17(23(34)32-12-14(3)35-15(4)13-32)30-18-9-10-28-22-20(18)31-21(33(22)6-2)16-7-8-19(29-11-16)24(25,26)27/h7-11,14-15,17H,5-6,12-13H2,1-4H3,(H,28,30)/t14-,15+,17-/m1/s1. The lowest BCUT2D eigenvalue weighted by atomic mass is 10.1. The number of nitrogens with zero attached hydrogens (tertiary/aromatic N) is 5. The molecule has 0 aromatic carbocycles. The van der Waals surface area contributed by atoms with Crippen LogP contribution in [0.3, 0.4) is 0 Å². The summed E-state index contributed by atoms with van der Waals surface area (Å²) in [4.78, 5) is 27.8. The fourth-order valence-electron chi connectivity index (χ4n) is 4.45. The molecular formula is C24H29F3N6O2. The summed E-state index contributed by atoms with van der Waals surface area (Å²) in [7, 11) is 0. The van der Waals surface area contributed by atoms with Crippen molar-refractivity contribution in [3.8, 4) is 11.4 Å². The van der Waals surface area contributed by atoms with Gasteiger partial charge >= 0.3 is 6.18 Å². The number of morpholine rings is 1. The van der Waals surface area contributed by atoms with Crippen LogP contribution in [0.2, 0.25) is 0 Å². The van der Waals surface area contributed by atoms with Crippen LogP contribution in [0, 0.1) is 0 Å². The third-order valence-corrected chi connectivity index (χ3v) is 6.03. The van der Waals surface area contributed by atoms with Crippen LogP contribution in [0.4, 0.5) is 18.9 Å². The van der Waals surface area contributed by atoms with Crippen LogP contribution in [-0.2, 0) is 22.3 Å². The fourth-order valence-corrected chi connectivity index (χ4v) is 4.45. The van der Waals surface area contributed by atoms with Crippen LogP contribution in [0.5, 0.6) is 0 Å². The smallest absolute Gasteiger partial charge is 0.372 e. The number of imidazole rings is 1. The zero-order valence-electron chi connectivity index (χ0n) is 20.1. The highest BCUT2D eigenvalue weighted by Crippen LogP contribution is 2.31. The van der Waals surface area contributed by atoms with Crippen molar-refractivity contribution in [1.29, 1.82) is 0 Å². The minimum atomic E-state index is -4.51. The van der Waals surface area contributed by atoms with Crippen molar-refractivity contribution in [2.45, 2.75) is 65.1 Å². The number of pyridine rings is 2. The lowest BCUT2D eigenvalue weighted by Crippen LogP contribution is -2.52. The maximum atomic E-state index is 13.3. The summed E-state index contributed by atoms with van der Waals surface area (Å²) in [6, 6.07) is 3.58. The second-order valence-corrected chi connectivity index (χ2v) is 8.75. The number of ether oxygens (including phenoxy) is 1. The van der Waals surface area contributed by atoms with E-state index < -0.39 is 17.9 Å². The monoisotopic (exact) mass is 490 g/mol. The number of carbonyl (C=O) groups is 1. The molecule has 0 saturated carbocycles. The zero-order valence-corrected chi connectivity index (χ0v) is 20.1. The minimum absolute atomic E-state index is 0.0125. The quantitative estimate of drug-likeness (QED) is 0.553. The van der Waals surface area contributed by atoms with Crippen molar-refractivity contribution in [3.63, 3.8) is 0 Å². The van der Waals surface area contributed by atoms with E-state index in [4.69, 9.17) is 9.72 Å². The largest absolute Gasteiger partial charge is 0.433 e. The SMILES string of the molecule is CC[C@@H](Nc1ccnc2c1nc(-c1ccc(C(F)(F)F)nc1)n2CC)C(=O)N1C[C@@H](C)O[C@@H](C)C1. The molecule has 3 aromatic rings. The molecule has 0 bridgehead atoms. The van der Waals surface area contributed by atoms with E-state index in [0.29, 0.717) is 54.3 Å². The molecule has 1 fully saturated rings. The van der Waals surface area contributed by atoms with Gasteiger partial charge in [-0.2, -0.15) is 13.2 Å². The van der Waals surface area contributed by atoms with E-state index in [1.54, 1.807) is 12.3 Å². The van der Waals surface area contributed by atoms with E-state index in [-0.39, 0.29) is 18.1 Å². The Kier molecular flexibility index (Phi) is 6.98. The number of alkyl halides is 3. The summed E-state index contributed by atoms with van der Waals surface area (Å²) in [5.41, 5.74) is 1.24. The molecule has 8 nitrogen and oxygen atoms in total. The van der Waals surface area contributed by atoms with Crippen molar-refractivity contribution in [2.75, 3.05) is 18.4 Å². The van der Waals surface area contributed by atoms with Gasteiger partial charge in [0.05, 0.1) is 17.9 Å². The van der Waals surface area contributed by atoms with E-state index in [2.05, 4.69) is 15.3 Å². The van der Waals surface area contributed by atoms with Gasteiger partial charge in [0.2, 0.25) is 5.91 Å². The minimum Gasteiger partial charge on any atom is -0.372 e. The first-order valence-corrected chi connectivity index (χ1v) is 11.7. The van der Waals surface area contributed by atoms with Crippen LogP contribution in [0.1, 0.15) is 39.8 Å². The first kappa shape index (κ1) is 24.9. The van der Waals surface area contributed by atoms with Gasteiger partial charge in [0.1, 0.15) is 23.1 Å². The summed E-state index contributed by atoms with van der Waals surface area (Å²) in [5.74, 6) is 0.447. The number of aromatic nitrogens is 4. The molecule has 1 aliphatic heterocycles. The molecule has 4 rings (SSSR count). The second kappa shape index (κ2) is 9.80. The summed E-state index contributed by atoms with van der Waals surface area (Å²) in [6.45, 7) is 9.31. The van der Waals surface area contributed by atoms with Gasteiger partial charge in [-0.3, -0.25) is 9.78 Å². The topological polar surface area (TPSA) is 85.2 Å². The summed E-state index contributed by atoms with van der Waals surface area (Å²) in [6.07, 6.45) is -1.22. The number of amides is 1. The Morgan fingerprint density at radius 2 is 1.89 bits per heavy atom. The van der Waals surface area contributed by atoms with Crippen molar-refractivity contribution >= 4 is 22.8 Å². The normalized spacial score (nSPS) is 19.7. The molecule has 4 heterocycles. The molecule has 0 radical (unpaired) electrons. The van der Waals surface area contributed by atoms with Crippen molar-refractivity contribution < 1.29 is 22.7 Å². The third kappa shape index (κ3) is 5.09. The van der Waals surface area contributed by atoms with E-state index in [1.165, 1.54) is 12.3 Å². The van der Waals surface area contributed by atoms with Gasteiger partial charge in [0.25, 0.3) is 0 Å². The number of hydrogen-bond donors (Lipinski definition) is 1. The van der Waals surface area contributed by atoms with E-state index in [1.807, 2.05) is 37.2 Å². The third-order valence-electron chi connectivity index (χ3n) is 6.03. The van der Waals surface area contributed by atoms with Crippen LogP contribution in [-0.4, -0.2) is 61.7 Å². The van der Waals surface area contributed by atoms with Crippen LogP contribution < -0.4 is 5.32 Å². The van der Waals surface area contributed by atoms with Crippen LogP contribution in [0.25, 0.3) is 22.6 Å². The molecule has 3 aromatic heterocycles. The van der Waals surface area contributed by atoms with E-state index in [9.17, 15) is 18.0 Å². The molecule has 0 aliphatic carbocycles. The number of rotatable bonds is 6. The predicted octanol–water partition coefficient (Wildman–Crippen LogP) is 4.36. The summed E-state index contributed by atoms with van der Waals surface area (Å²) in [5, 5.41) is 3.33. The van der Waals surface area contributed by atoms with Crippen molar-refractivity contribution in [2.24, 2.45) is 0 Å². The van der Waals surface area contributed by atoms with Gasteiger partial charge in [-0.1, -0.05) is 6.92 Å². The zero-order chi connectivity index (χ0) is 25.3. The molecule has 11 heteroatoms. The van der Waals surface area contributed by atoms with Gasteiger partial charge in [-0.05, 0) is 45.4 Å². The average Bonchev–Trinajstić information content (AvgIpc) is 3.20. The highest BCUT2D eigenvalue weighted by atomic mass is 19.4. The number of fused-ring (bicyclic) bond motifs is 1. The van der Waals surface area contributed by atoms with Gasteiger partial charge in [-0.25, -0.2) is 9.97 Å². The molecule has 1 amide bonds. The molecule has 0 unspecified atom stereocenters.